The molecule has 0 spiro atoms. The number of para-hydroxylation sites is 1. The van der Waals surface area contributed by atoms with Gasteiger partial charge in [0.2, 0.25) is 5.82 Å². The smallest absolute Gasteiger partial charge is 0.259 e. The summed E-state index contributed by atoms with van der Waals surface area (Å²) in [6.07, 6.45) is 2.32. The van der Waals surface area contributed by atoms with Gasteiger partial charge >= 0.3 is 0 Å². The zero-order valence-corrected chi connectivity index (χ0v) is 8.14. The van der Waals surface area contributed by atoms with Crippen molar-refractivity contribution < 1.29 is 9.13 Å². The lowest BCUT2D eigenvalue weighted by Crippen LogP contribution is -1.93. The number of hydrogen-bond acceptors (Lipinski definition) is 3. The van der Waals surface area contributed by atoms with E-state index in [9.17, 15) is 4.39 Å². The molecule has 1 heterocycles. The van der Waals surface area contributed by atoms with E-state index in [4.69, 9.17) is 4.74 Å². The van der Waals surface area contributed by atoms with E-state index in [1.807, 2.05) is 25.1 Å². The molecule has 1 aromatic carbocycles. The Morgan fingerprint density at radius 2 is 2.07 bits per heavy atom. The Hall–Kier alpha value is -1.97. The van der Waals surface area contributed by atoms with E-state index in [2.05, 4.69) is 9.97 Å². The van der Waals surface area contributed by atoms with Crippen molar-refractivity contribution >= 4 is 0 Å². The predicted molar refractivity (Wildman–Crippen MR) is 53.2 cm³/mol. The van der Waals surface area contributed by atoms with Crippen LogP contribution >= 0.6 is 0 Å². The molecule has 0 aliphatic carbocycles. The molecule has 2 rings (SSSR count). The molecular formula is C11H9FN2O. The third-order valence-corrected chi connectivity index (χ3v) is 1.93. The lowest BCUT2D eigenvalue weighted by atomic mass is 10.2. The zero-order valence-electron chi connectivity index (χ0n) is 8.14. The lowest BCUT2D eigenvalue weighted by molar-refractivity contribution is 0.417. The fourth-order valence-electron chi connectivity index (χ4n) is 1.15. The second-order valence-corrected chi connectivity index (χ2v) is 3.04. The molecule has 2 aromatic rings. The molecule has 4 heteroatoms. The van der Waals surface area contributed by atoms with E-state index >= 15 is 0 Å². The Morgan fingerprint density at radius 3 is 2.80 bits per heavy atom. The van der Waals surface area contributed by atoms with Crippen LogP contribution in [0.1, 0.15) is 5.56 Å². The maximum atomic E-state index is 13.2. The summed E-state index contributed by atoms with van der Waals surface area (Å²) in [4.78, 5) is 7.25. The van der Waals surface area contributed by atoms with E-state index in [1.54, 1.807) is 6.07 Å². The van der Waals surface area contributed by atoms with E-state index < -0.39 is 5.82 Å². The van der Waals surface area contributed by atoms with Crippen LogP contribution < -0.4 is 4.74 Å². The van der Waals surface area contributed by atoms with Gasteiger partial charge in [-0.05, 0) is 18.6 Å². The van der Waals surface area contributed by atoms with Gasteiger partial charge in [0.25, 0.3) is 5.88 Å². The largest absolute Gasteiger partial charge is 0.436 e. The first kappa shape index (κ1) is 9.58. The van der Waals surface area contributed by atoms with Crippen LogP contribution in [0.4, 0.5) is 4.39 Å². The number of aromatic nitrogens is 2. The topological polar surface area (TPSA) is 35.0 Å². The number of rotatable bonds is 2. The number of nitrogens with zero attached hydrogens (tertiary/aromatic N) is 2. The summed E-state index contributed by atoms with van der Waals surface area (Å²) in [6, 6.07) is 7.35. The van der Waals surface area contributed by atoms with Crippen LogP contribution in [0.25, 0.3) is 0 Å². The first-order valence-corrected chi connectivity index (χ1v) is 4.46. The van der Waals surface area contributed by atoms with Gasteiger partial charge in [-0.15, -0.1) is 0 Å². The maximum absolute atomic E-state index is 13.2. The van der Waals surface area contributed by atoms with Crippen molar-refractivity contribution in [2.45, 2.75) is 6.92 Å². The molecule has 1 aromatic heterocycles. The van der Waals surface area contributed by atoms with Crippen molar-refractivity contribution in [3.05, 3.63) is 48.2 Å². The second-order valence-electron chi connectivity index (χ2n) is 3.04. The van der Waals surface area contributed by atoms with Gasteiger partial charge in [0.1, 0.15) is 12.1 Å². The molecule has 0 aliphatic heterocycles. The Morgan fingerprint density at radius 1 is 1.27 bits per heavy atom. The van der Waals surface area contributed by atoms with Gasteiger partial charge in [-0.1, -0.05) is 18.2 Å². The lowest BCUT2D eigenvalue weighted by Gasteiger charge is -2.06. The van der Waals surface area contributed by atoms with Gasteiger partial charge in [-0.25, -0.2) is 4.98 Å². The molecule has 0 N–H and O–H groups in total. The molecule has 0 aliphatic rings. The van der Waals surface area contributed by atoms with Crippen molar-refractivity contribution in [3.8, 4) is 11.6 Å². The van der Waals surface area contributed by atoms with E-state index in [-0.39, 0.29) is 5.88 Å². The zero-order chi connectivity index (χ0) is 10.7. The monoisotopic (exact) mass is 204 g/mol. The summed E-state index contributed by atoms with van der Waals surface area (Å²) in [5.74, 6) is -0.0323. The number of benzene rings is 1. The van der Waals surface area contributed by atoms with Crippen LogP contribution in [0.2, 0.25) is 0 Å². The van der Waals surface area contributed by atoms with E-state index in [0.29, 0.717) is 5.75 Å². The van der Waals surface area contributed by atoms with Crippen LogP contribution in [0.15, 0.2) is 36.8 Å². The SMILES string of the molecule is Cc1ccccc1Oc1ncncc1F. The molecule has 0 saturated carbocycles. The molecule has 15 heavy (non-hydrogen) atoms. The quantitative estimate of drug-likeness (QED) is 0.754. The highest BCUT2D eigenvalue weighted by Gasteiger charge is 2.06. The molecule has 3 nitrogen and oxygen atoms in total. The van der Waals surface area contributed by atoms with Gasteiger partial charge in [0, 0.05) is 0 Å². The van der Waals surface area contributed by atoms with Crippen molar-refractivity contribution in [1.82, 2.24) is 9.97 Å². The number of aryl methyl sites for hydroxylation is 1. The summed E-state index contributed by atoms with van der Waals surface area (Å²) in [5.41, 5.74) is 0.926. The summed E-state index contributed by atoms with van der Waals surface area (Å²) < 4.78 is 18.5. The summed E-state index contributed by atoms with van der Waals surface area (Å²) in [5, 5.41) is 0. The molecule has 0 bridgehead atoms. The maximum Gasteiger partial charge on any atom is 0.259 e. The predicted octanol–water partition coefficient (Wildman–Crippen LogP) is 2.72. The average molecular weight is 204 g/mol. The fourth-order valence-corrected chi connectivity index (χ4v) is 1.15. The van der Waals surface area contributed by atoms with Gasteiger partial charge in [0.15, 0.2) is 0 Å². The van der Waals surface area contributed by atoms with Crippen LogP contribution in [0, 0.1) is 12.7 Å². The normalized spacial score (nSPS) is 10.0. The molecule has 0 unspecified atom stereocenters. The summed E-state index contributed by atoms with van der Waals surface area (Å²) >= 11 is 0. The van der Waals surface area contributed by atoms with Crippen LogP contribution in [-0.4, -0.2) is 9.97 Å². The second kappa shape index (κ2) is 4.04. The van der Waals surface area contributed by atoms with Crippen molar-refractivity contribution in [2.75, 3.05) is 0 Å². The molecule has 0 atom stereocenters. The van der Waals surface area contributed by atoms with Crippen molar-refractivity contribution in [3.63, 3.8) is 0 Å². The Kier molecular flexibility index (Phi) is 2.58. The van der Waals surface area contributed by atoms with Gasteiger partial charge in [-0.3, -0.25) is 0 Å². The fraction of sp³-hybridized carbons (Fsp3) is 0.0909. The van der Waals surface area contributed by atoms with Crippen LogP contribution in [-0.2, 0) is 0 Å². The Labute approximate surface area is 86.6 Å². The summed E-state index contributed by atoms with van der Waals surface area (Å²) in [6.45, 7) is 1.88. The molecule has 76 valence electrons. The molecular weight excluding hydrogens is 195 g/mol. The number of halogens is 1. The summed E-state index contributed by atoms with van der Waals surface area (Å²) in [7, 11) is 0. The van der Waals surface area contributed by atoms with E-state index in [1.165, 1.54) is 6.33 Å². The van der Waals surface area contributed by atoms with E-state index in [0.717, 1.165) is 11.8 Å². The number of hydrogen-bond donors (Lipinski definition) is 0. The first-order valence-electron chi connectivity index (χ1n) is 4.46. The minimum absolute atomic E-state index is 0.0562. The van der Waals surface area contributed by atoms with Crippen LogP contribution in [0.5, 0.6) is 11.6 Å². The highest BCUT2D eigenvalue weighted by atomic mass is 19.1. The molecule has 0 amide bonds. The molecule has 0 saturated heterocycles. The molecule has 0 radical (unpaired) electrons. The number of ether oxygens (including phenoxy) is 1. The van der Waals surface area contributed by atoms with Gasteiger partial charge in [-0.2, -0.15) is 9.37 Å². The third-order valence-electron chi connectivity index (χ3n) is 1.93. The van der Waals surface area contributed by atoms with Crippen LogP contribution in [0.3, 0.4) is 0 Å². The molecule has 0 fully saturated rings. The van der Waals surface area contributed by atoms with Gasteiger partial charge < -0.3 is 4.74 Å². The minimum Gasteiger partial charge on any atom is -0.436 e. The average Bonchev–Trinajstić information content (AvgIpc) is 2.24. The highest BCUT2D eigenvalue weighted by molar-refractivity contribution is 5.34. The van der Waals surface area contributed by atoms with Crippen molar-refractivity contribution in [1.29, 1.82) is 0 Å². The highest BCUT2D eigenvalue weighted by Crippen LogP contribution is 2.23. The third kappa shape index (κ3) is 2.10. The minimum atomic E-state index is -0.569. The van der Waals surface area contributed by atoms with Crippen molar-refractivity contribution in [2.24, 2.45) is 0 Å². The Bertz CT molecular complexity index is 430. The standard InChI is InChI=1S/C11H9FN2O/c1-8-4-2-3-5-10(8)15-11-9(12)6-13-7-14-11/h2-7H,1H3. The van der Waals surface area contributed by atoms with Gasteiger partial charge in [0.05, 0.1) is 6.20 Å². The first-order chi connectivity index (χ1) is 7.27. The Balaban J connectivity index is 2.30.